The Bertz CT molecular complexity index is 610. The molecule has 1 fully saturated rings. The molecular weight excluding hydrogens is 238 g/mol. The van der Waals surface area contributed by atoms with E-state index in [4.69, 9.17) is 10.5 Å². The lowest BCUT2D eigenvalue weighted by molar-refractivity contribution is -0.123. The van der Waals surface area contributed by atoms with Crippen LogP contribution in [-0.2, 0) is 16.0 Å². The third-order valence-electron chi connectivity index (χ3n) is 3.84. The Kier molecular flexibility index (Phi) is 3.09. The number of ketones is 1. The molecular formula is C16H17NO2. The van der Waals surface area contributed by atoms with Gasteiger partial charge in [0.1, 0.15) is 5.54 Å². The van der Waals surface area contributed by atoms with Crippen molar-refractivity contribution >= 4 is 16.6 Å². The standard InChI is InChI=1S/C16H17NO2/c17-16(8-9-19-11-16)15(18)10-13-6-3-5-12-4-1-2-7-14(12)13/h1-7H,8-11,17H2. The minimum absolute atomic E-state index is 0.0707. The zero-order valence-electron chi connectivity index (χ0n) is 10.8. The highest BCUT2D eigenvalue weighted by atomic mass is 16.5. The zero-order chi connectivity index (χ0) is 13.3. The molecule has 2 aromatic rings. The lowest BCUT2D eigenvalue weighted by Crippen LogP contribution is -2.49. The maximum atomic E-state index is 12.4. The molecule has 1 aliphatic rings. The average Bonchev–Trinajstić information content (AvgIpc) is 2.87. The summed E-state index contributed by atoms with van der Waals surface area (Å²) < 4.78 is 5.26. The van der Waals surface area contributed by atoms with Crippen molar-refractivity contribution in [2.45, 2.75) is 18.4 Å². The molecule has 0 bridgehead atoms. The van der Waals surface area contributed by atoms with Crippen LogP contribution in [0.25, 0.3) is 10.8 Å². The first-order valence-electron chi connectivity index (χ1n) is 6.56. The summed E-state index contributed by atoms with van der Waals surface area (Å²) in [6.07, 6.45) is 0.998. The summed E-state index contributed by atoms with van der Waals surface area (Å²) in [4.78, 5) is 12.4. The van der Waals surface area contributed by atoms with E-state index in [1.165, 1.54) is 0 Å². The topological polar surface area (TPSA) is 52.3 Å². The Balaban J connectivity index is 1.91. The second kappa shape index (κ2) is 4.76. The van der Waals surface area contributed by atoms with E-state index in [0.29, 0.717) is 26.1 Å². The molecule has 0 spiro atoms. The Morgan fingerprint density at radius 2 is 2.00 bits per heavy atom. The van der Waals surface area contributed by atoms with Crippen molar-refractivity contribution in [3.8, 4) is 0 Å². The number of nitrogens with two attached hydrogens (primary N) is 1. The molecule has 0 amide bonds. The van der Waals surface area contributed by atoms with Gasteiger partial charge in [-0.1, -0.05) is 42.5 Å². The minimum Gasteiger partial charge on any atom is -0.379 e. The van der Waals surface area contributed by atoms with Crippen LogP contribution < -0.4 is 5.73 Å². The molecule has 1 aliphatic heterocycles. The predicted octanol–water partition coefficient (Wildman–Crippen LogP) is 2.07. The van der Waals surface area contributed by atoms with Crippen LogP contribution in [0.4, 0.5) is 0 Å². The van der Waals surface area contributed by atoms with Crippen LogP contribution in [0, 0.1) is 0 Å². The van der Waals surface area contributed by atoms with E-state index in [0.717, 1.165) is 16.3 Å². The summed E-state index contributed by atoms with van der Waals surface area (Å²) in [6.45, 7) is 0.925. The Hall–Kier alpha value is -1.71. The highest BCUT2D eigenvalue weighted by molar-refractivity contribution is 5.95. The summed E-state index contributed by atoms with van der Waals surface area (Å²) in [7, 11) is 0. The number of carbonyl (C=O) groups excluding carboxylic acids is 1. The number of benzene rings is 2. The number of ether oxygens (including phenoxy) is 1. The lowest BCUT2D eigenvalue weighted by atomic mass is 9.89. The molecule has 98 valence electrons. The smallest absolute Gasteiger partial charge is 0.159 e. The van der Waals surface area contributed by atoms with Crippen LogP contribution in [0.2, 0.25) is 0 Å². The largest absolute Gasteiger partial charge is 0.379 e. The Labute approximate surface area is 112 Å². The van der Waals surface area contributed by atoms with E-state index in [-0.39, 0.29) is 5.78 Å². The third-order valence-corrected chi connectivity index (χ3v) is 3.84. The predicted molar refractivity (Wildman–Crippen MR) is 75.0 cm³/mol. The second-order valence-electron chi connectivity index (χ2n) is 5.20. The molecule has 2 N–H and O–H groups in total. The number of hydrogen-bond donors (Lipinski definition) is 1. The molecule has 0 radical (unpaired) electrons. The van der Waals surface area contributed by atoms with Gasteiger partial charge in [-0.15, -0.1) is 0 Å². The van der Waals surface area contributed by atoms with Gasteiger partial charge < -0.3 is 10.5 Å². The minimum atomic E-state index is -0.795. The number of carbonyl (C=O) groups is 1. The lowest BCUT2D eigenvalue weighted by Gasteiger charge is -2.20. The van der Waals surface area contributed by atoms with Crippen molar-refractivity contribution in [1.82, 2.24) is 0 Å². The summed E-state index contributed by atoms with van der Waals surface area (Å²) in [6, 6.07) is 14.1. The van der Waals surface area contributed by atoms with Gasteiger partial charge >= 0.3 is 0 Å². The first kappa shape index (κ1) is 12.3. The van der Waals surface area contributed by atoms with E-state index < -0.39 is 5.54 Å². The van der Waals surface area contributed by atoms with Crippen LogP contribution in [0.3, 0.4) is 0 Å². The van der Waals surface area contributed by atoms with Crippen molar-refractivity contribution in [2.75, 3.05) is 13.2 Å². The molecule has 0 saturated carbocycles. The highest BCUT2D eigenvalue weighted by Crippen LogP contribution is 2.23. The van der Waals surface area contributed by atoms with Gasteiger partial charge in [0, 0.05) is 13.0 Å². The zero-order valence-corrected chi connectivity index (χ0v) is 10.8. The van der Waals surface area contributed by atoms with Crippen molar-refractivity contribution < 1.29 is 9.53 Å². The third kappa shape index (κ3) is 2.27. The van der Waals surface area contributed by atoms with Crippen molar-refractivity contribution in [3.63, 3.8) is 0 Å². The van der Waals surface area contributed by atoms with Gasteiger partial charge in [0.05, 0.1) is 6.61 Å². The Morgan fingerprint density at radius 1 is 1.21 bits per heavy atom. The molecule has 19 heavy (non-hydrogen) atoms. The van der Waals surface area contributed by atoms with E-state index in [1.54, 1.807) is 0 Å². The highest BCUT2D eigenvalue weighted by Gasteiger charge is 2.37. The summed E-state index contributed by atoms with van der Waals surface area (Å²) in [5.41, 5.74) is 6.37. The van der Waals surface area contributed by atoms with E-state index in [2.05, 4.69) is 12.1 Å². The first-order valence-corrected chi connectivity index (χ1v) is 6.56. The van der Waals surface area contributed by atoms with Gasteiger partial charge in [0.15, 0.2) is 5.78 Å². The fraction of sp³-hybridized carbons (Fsp3) is 0.312. The van der Waals surface area contributed by atoms with E-state index in [9.17, 15) is 4.79 Å². The number of hydrogen-bond acceptors (Lipinski definition) is 3. The van der Waals surface area contributed by atoms with E-state index >= 15 is 0 Å². The van der Waals surface area contributed by atoms with Crippen molar-refractivity contribution in [1.29, 1.82) is 0 Å². The van der Waals surface area contributed by atoms with Gasteiger partial charge in [-0.3, -0.25) is 4.79 Å². The molecule has 1 atom stereocenters. The average molecular weight is 255 g/mol. The maximum absolute atomic E-state index is 12.4. The monoisotopic (exact) mass is 255 g/mol. The second-order valence-corrected chi connectivity index (χ2v) is 5.20. The summed E-state index contributed by atoms with van der Waals surface area (Å²) in [5.74, 6) is 0.0707. The summed E-state index contributed by atoms with van der Waals surface area (Å²) >= 11 is 0. The van der Waals surface area contributed by atoms with Gasteiger partial charge in [0.25, 0.3) is 0 Å². The molecule has 1 saturated heterocycles. The van der Waals surface area contributed by atoms with Crippen LogP contribution >= 0.6 is 0 Å². The van der Waals surface area contributed by atoms with Gasteiger partial charge in [-0.05, 0) is 22.8 Å². The molecule has 1 unspecified atom stereocenters. The first-order chi connectivity index (χ1) is 9.19. The quantitative estimate of drug-likeness (QED) is 0.913. The summed E-state index contributed by atoms with van der Waals surface area (Å²) in [5, 5.41) is 2.28. The fourth-order valence-corrected chi connectivity index (χ4v) is 2.60. The molecule has 0 aromatic heterocycles. The van der Waals surface area contributed by atoms with Crippen LogP contribution in [0.5, 0.6) is 0 Å². The maximum Gasteiger partial charge on any atom is 0.159 e. The van der Waals surface area contributed by atoms with Crippen LogP contribution in [-0.4, -0.2) is 24.5 Å². The number of rotatable bonds is 3. The van der Waals surface area contributed by atoms with Gasteiger partial charge in [-0.2, -0.15) is 0 Å². The fourth-order valence-electron chi connectivity index (χ4n) is 2.60. The van der Waals surface area contributed by atoms with Gasteiger partial charge in [-0.25, -0.2) is 0 Å². The van der Waals surface area contributed by atoms with Crippen molar-refractivity contribution in [2.24, 2.45) is 5.73 Å². The normalized spacial score (nSPS) is 22.8. The molecule has 3 rings (SSSR count). The molecule has 1 heterocycles. The van der Waals surface area contributed by atoms with Crippen LogP contribution in [0.15, 0.2) is 42.5 Å². The van der Waals surface area contributed by atoms with E-state index in [1.807, 2.05) is 30.3 Å². The Morgan fingerprint density at radius 3 is 2.79 bits per heavy atom. The van der Waals surface area contributed by atoms with Gasteiger partial charge in [0.2, 0.25) is 0 Å². The van der Waals surface area contributed by atoms with Crippen LogP contribution in [0.1, 0.15) is 12.0 Å². The molecule has 3 nitrogen and oxygen atoms in total. The number of Topliss-reactive ketones (excluding diaryl/α,β-unsaturated/α-hetero) is 1. The SMILES string of the molecule is NC1(C(=O)Cc2cccc3ccccc23)CCOC1. The van der Waals surface area contributed by atoms with Crippen molar-refractivity contribution in [3.05, 3.63) is 48.0 Å². The molecule has 0 aliphatic carbocycles. The number of fused-ring (bicyclic) bond motifs is 1. The molecule has 3 heteroatoms. The molecule has 2 aromatic carbocycles.